The van der Waals surface area contributed by atoms with Crippen LogP contribution in [0.25, 0.3) is 0 Å². The summed E-state index contributed by atoms with van der Waals surface area (Å²) < 4.78 is 4.85. The maximum atomic E-state index is 10.9. The minimum Gasteiger partial charge on any atom is -0.447 e. The number of hydrogen-bond donors (Lipinski definition) is 1. The first-order valence-electron chi connectivity index (χ1n) is 5.20. The van der Waals surface area contributed by atoms with E-state index in [0.29, 0.717) is 12.5 Å². The number of nitrogens with one attached hydrogen (secondary N) is 1. The molecule has 1 N–H and O–H groups in total. The van der Waals surface area contributed by atoms with Crippen molar-refractivity contribution in [3.8, 4) is 0 Å². The first-order valence-corrected chi connectivity index (χ1v) is 5.20. The summed E-state index contributed by atoms with van der Waals surface area (Å²) in [6.45, 7) is 4.75. The van der Waals surface area contributed by atoms with Crippen LogP contribution in [-0.2, 0) is 4.74 Å². The monoisotopic (exact) mass is 205 g/mol. The SMILES string of the molecule is CC(C)c1ccc([C@H]2COC(=O)N2)cc1. The van der Waals surface area contributed by atoms with Crippen LogP contribution in [0.15, 0.2) is 24.3 Å². The number of alkyl carbamates (subject to hydrolysis) is 1. The highest BCUT2D eigenvalue weighted by Gasteiger charge is 2.23. The molecular formula is C12H15NO2. The topological polar surface area (TPSA) is 38.3 Å². The van der Waals surface area contributed by atoms with E-state index in [0.717, 1.165) is 5.56 Å². The number of ether oxygens (including phenoxy) is 1. The molecule has 1 aliphatic heterocycles. The summed E-state index contributed by atoms with van der Waals surface area (Å²) in [5, 5.41) is 2.76. The maximum Gasteiger partial charge on any atom is 0.407 e. The van der Waals surface area contributed by atoms with E-state index in [2.05, 4.69) is 43.4 Å². The zero-order valence-corrected chi connectivity index (χ0v) is 8.99. The Morgan fingerprint density at radius 1 is 1.33 bits per heavy atom. The minimum absolute atomic E-state index is 0.0127. The summed E-state index contributed by atoms with van der Waals surface area (Å²) in [6, 6.07) is 8.32. The molecule has 1 aliphatic rings. The Bertz CT molecular complexity index is 356. The van der Waals surface area contributed by atoms with Crippen molar-refractivity contribution in [3.63, 3.8) is 0 Å². The van der Waals surface area contributed by atoms with Gasteiger partial charge in [-0.15, -0.1) is 0 Å². The predicted octanol–water partition coefficient (Wildman–Crippen LogP) is 2.59. The number of rotatable bonds is 2. The molecule has 1 aromatic carbocycles. The Kier molecular flexibility index (Phi) is 2.62. The molecule has 3 nitrogen and oxygen atoms in total. The number of amides is 1. The Morgan fingerprint density at radius 3 is 2.47 bits per heavy atom. The second-order valence-corrected chi connectivity index (χ2v) is 4.12. The van der Waals surface area contributed by atoms with Crippen molar-refractivity contribution in [2.24, 2.45) is 0 Å². The zero-order chi connectivity index (χ0) is 10.8. The van der Waals surface area contributed by atoms with Crippen molar-refractivity contribution in [1.29, 1.82) is 0 Å². The highest BCUT2D eigenvalue weighted by Crippen LogP contribution is 2.21. The molecule has 1 aromatic rings. The molecule has 0 aromatic heterocycles. The highest BCUT2D eigenvalue weighted by atomic mass is 16.6. The van der Waals surface area contributed by atoms with Crippen LogP contribution in [0, 0.1) is 0 Å². The lowest BCUT2D eigenvalue weighted by Gasteiger charge is -2.10. The number of cyclic esters (lactones) is 1. The van der Waals surface area contributed by atoms with Crippen molar-refractivity contribution < 1.29 is 9.53 Å². The van der Waals surface area contributed by atoms with Crippen LogP contribution in [0.4, 0.5) is 4.79 Å². The van der Waals surface area contributed by atoms with E-state index in [1.54, 1.807) is 0 Å². The Morgan fingerprint density at radius 2 is 2.00 bits per heavy atom. The normalized spacial score (nSPS) is 20.2. The first kappa shape index (κ1) is 10.0. The van der Waals surface area contributed by atoms with E-state index in [9.17, 15) is 4.79 Å². The largest absolute Gasteiger partial charge is 0.447 e. The zero-order valence-electron chi connectivity index (χ0n) is 8.99. The van der Waals surface area contributed by atoms with Gasteiger partial charge >= 0.3 is 6.09 Å². The molecule has 0 bridgehead atoms. The molecule has 1 fully saturated rings. The molecule has 0 aliphatic carbocycles. The summed E-state index contributed by atoms with van der Waals surface area (Å²) in [7, 11) is 0. The number of carbonyl (C=O) groups excluding carboxylic acids is 1. The number of carbonyl (C=O) groups is 1. The molecule has 0 spiro atoms. The highest BCUT2D eigenvalue weighted by molar-refractivity contribution is 5.70. The molecule has 80 valence electrons. The number of benzene rings is 1. The minimum atomic E-state index is -0.326. The van der Waals surface area contributed by atoms with Crippen molar-refractivity contribution in [2.75, 3.05) is 6.61 Å². The van der Waals surface area contributed by atoms with Gasteiger partial charge < -0.3 is 10.1 Å². The van der Waals surface area contributed by atoms with E-state index >= 15 is 0 Å². The third kappa shape index (κ3) is 2.12. The third-order valence-electron chi connectivity index (χ3n) is 2.68. The fraction of sp³-hybridized carbons (Fsp3) is 0.417. The lowest BCUT2D eigenvalue weighted by molar-refractivity contribution is 0.177. The van der Waals surface area contributed by atoms with E-state index in [1.165, 1.54) is 5.56 Å². The Balaban J connectivity index is 2.13. The van der Waals surface area contributed by atoms with Gasteiger partial charge in [0, 0.05) is 0 Å². The molecule has 1 heterocycles. The Hall–Kier alpha value is -1.51. The molecule has 0 unspecified atom stereocenters. The molecule has 1 atom stereocenters. The van der Waals surface area contributed by atoms with Gasteiger partial charge in [-0.25, -0.2) is 4.79 Å². The van der Waals surface area contributed by atoms with Crippen LogP contribution in [0.1, 0.15) is 36.9 Å². The molecule has 15 heavy (non-hydrogen) atoms. The summed E-state index contributed by atoms with van der Waals surface area (Å²) in [5.74, 6) is 0.536. The van der Waals surface area contributed by atoms with Crippen LogP contribution in [0.5, 0.6) is 0 Å². The summed E-state index contributed by atoms with van der Waals surface area (Å²) in [5.41, 5.74) is 2.41. The van der Waals surface area contributed by atoms with Crippen LogP contribution < -0.4 is 5.32 Å². The fourth-order valence-corrected chi connectivity index (χ4v) is 1.68. The molecule has 2 rings (SSSR count). The summed E-state index contributed by atoms with van der Waals surface area (Å²) in [4.78, 5) is 10.9. The average molecular weight is 205 g/mol. The smallest absolute Gasteiger partial charge is 0.407 e. The lowest BCUT2D eigenvalue weighted by atomic mass is 9.99. The van der Waals surface area contributed by atoms with Crippen molar-refractivity contribution >= 4 is 6.09 Å². The van der Waals surface area contributed by atoms with Crippen LogP contribution in [0.3, 0.4) is 0 Å². The molecule has 3 heteroatoms. The second-order valence-electron chi connectivity index (χ2n) is 4.12. The quantitative estimate of drug-likeness (QED) is 0.805. The standard InChI is InChI=1S/C12H15NO2/c1-8(2)9-3-5-10(6-4-9)11-7-15-12(14)13-11/h3-6,8,11H,7H2,1-2H3,(H,13,14)/t11-/m1/s1. The van der Waals surface area contributed by atoms with Crippen molar-refractivity contribution in [2.45, 2.75) is 25.8 Å². The van der Waals surface area contributed by atoms with Crippen LogP contribution in [-0.4, -0.2) is 12.7 Å². The van der Waals surface area contributed by atoms with Gasteiger partial charge in [0.25, 0.3) is 0 Å². The molecule has 1 saturated heterocycles. The van der Waals surface area contributed by atoms with Crippen LogP contribution >= 0.6 is 0 Å². The molecule has 1 amide bonds. The van der Waals surface area contributed by atoms with Crippen molar-refractivity contribution in [3.05, 3.63) is 35.4 Å². The van der Waals surface area contributed by atoms with E-state index in [1.807, 2.05) is 0 Å². The third-order valence-corrected chi connectivity index (χ3v) is 2.68. The van der Waals surface area contributed by atoms with Gasteiger partial charge in [-0.3, -0.25) is 0 Å². The van der Waals surface area contributed by atoms with E-state index in [-0.39, 0.29) is 12.1 Å². The van der Waals surface area contributed by atoms with Crippen molar-refractivity contribution in [1.82, 2.24) is 5.32 Å². The van der Waals surface area contributed by atoms with Gasteiger partial charge in [-0.2, -0.15) is 0 Å². The van der Waals surface area contributed by atoms with E-state index < -0.39 is 0 Å². The molecule has 0 saturated carbocycles. The summed E-state index contributed by atoms with van der Waals surface area (Å²) >= 11 is 0. The average Bonchev–Trinajstić information content (AvgIpc) is 2.65. The van der Waals surface area contributed by atoms with Gasteiger partial charge in [-0.05, 0) is 17.0 Å². The first-order chi connectivity index (χ1) is 7.16. The molecule has 0 radical (unpaired) electrons. The maximum absolute atomic E-state index is 10.9. The number of hydrogen-bond acceptors (Lipinski definition) is 2. The fourth-order valence-electron chi connectivity index (χ4n) is 1.68. The lowest BCUT2D eigenvalue weighted by Crippen LogP contribution is -2.18. The predicted molar refractivity (Wildman–Crippen MR) is 57.8 cm³/mol. The van der Waals surface area contributed by atoms with Gasteiger partial charge in [-0.1, -0.05) is 38.1 Å². The van der Waals surface area contributed by atoms with Gasteiger partial charge in [0.05, 0.1) is 6.04 Å². The van der Waals surface area contributed by atoms with E-state index in [4.69, 9.17) is 4.74 Å². The van der Waals surface area contributed by atoms with Gasteiger partial charge in [0.1, 0.15) is 6.61 Å². The van der Waals surface area contributed by atoms with Gasteiger partial charge in [0.15, 0.2) is 0 Å². The molecular weight excluding hydrogens is 190 g/mol. The van der Waals surface area contributed by atoms with Crippen LogP contribution in [0.2, 0.25) is 0 Å². The Labute approximate surface area is 89.4 Å². The van der Waals surface area contributed by atoms with Gasteiger partial charge in [0.2, 0.25) is 0 Å². The second kappa shape index (κ2) is 3.93. The summed E-state index contributed by atoms with van der Waals surface area (Å²) in [6.07, 6.45) is -0.326.